The van der Waals surface area contributed by atoms with Crippen molar-refractivity contribution in [3.05, 3.63) is 23.8 Å². The molecule has 1 aromatic rings. The molecule has 102 valence electrons. The Labute approximate surface area is 109 Å². The lowest BCUT2D eigenvalue weighted by Gasteiger charge is -2.12. The lowest BCUT2D eigenvalue weighted by Crippen LogP contribution is -2.30. The number of nitrogens with zero attached hydrogens (tertiary/aromatic N) is 2. The maximum Gasteiger partial charge on any atom is 0.0897 e. The number of unbranched alkanes of at least 4 members (excludes halogenated alkanes) is 1. The zero-order valence-corrected chi connectivity index (χ0v) is 11.2. The molecule has 0 aliphatic rings. The molecule has 5 heteroatoms. The van der Waals surface area contributed by atoms with Crippen LogP contribution in [-0.4, -0.2) is 40.9 Å². The highest BCUT2D eigenvalue weighted by Gasteiger charge is 2.04. The van der Waals surface area contributed by atoms with Crippen LogP contribution in [0.1, 0.15) is 31.2 Å². The molecule has 5 nitrogen and oxygen atoms in total. The van der Waals surface area contributed by atoms with Gasteiger partial charge in [-0.05, 0) is 13.3 Å². The molecule has 1 unspecified atom stereocenters. The zero-order valence-electron chi connectivity index (χ0n) is 11.2. The second-order valence-corrected chi connectivity index (χ2v) is 4.36. The maximum absolute atomic E-state index is 9.65. The van der Waals surface area contributed by atoms with Crippen molar-refractivity contribution in [2.75, 3.05) is 19.8 Å². The molecule has 0 saturated heterocycles. The van der Waals surface area contributed by atoms with Crippen LogP contribution in [-0.2, 0) is 11.3 Å². The molecule has 2 N–H and O–H groups in total. The predicted molar refractivity (Wildman–Crippen MR) is 70.2 cm³/mol. The van der Waals surface area contributed by atoms with Crippen molar-refractivity contribution in [3.63, 3.8) is 0 Å². The predicted octanol–water partition coefficient (Wildman–Crippen LogP) is 1.05. The topological polar surface area (TPSA) is 67.3 Å². The van der Waals surface area contributed by atoms with Crippen molar-refractivity contribution in [2.24, 2.45) is 0 Å². The zero-order chi connectivity index (χ0) is 13.2. The summed E-state index contributed by atoms with van der Waals surface area (Å²) in [5.74, 6) is 0. The number of hydrogen-bond acceptors (Lipinski definition) is 5. The first-order valence-corrected chi connectivity index (χ1v) is 6.46. The van der Waals surface area contributed by atoms with E-state index in [1.807, 2.05) is 6.92 Å². The molecule has 0 aliphatic heterocycles. The number of aliphatic hydroxyl groups is 1. The van der Waals surface area contributed by atoms with Crippen molar-refractivity contribution in [1.82, 2.24) is 15.3 Å². The average molecular weight is 253 g/mol. The summed E-state index contributed by atoms with van der Waals surface area (Å²) in [4.78, 5) is 8.38. The van der Waals surface area contributed by atoms with E-state index in [0.717, 1.165) is 30.8 Å². The summed E-state index contributed by atoms with van der Waals surface area (Å²) in [6, 6.07) is 0. The van der Waals surface area contributed by atoms with Crippen LogP contribution in [0.2, 0.25) is 0 Å². The Morgan fingerprint density at radius 3 is 2.89 bits per heavy atom. The van der Waals surface area contributed by atoms with Crippen LogP contribution in [0.3, 0.4) is 0 Å². The summed E-state index contributed by atoms with van der Waals surface area (Å²) >= 11 is 0. The van der Waals surface area contributed by atoms with Crippen molar-refractivity contribution in [1.29, 1.82) is 0 Å². The summed E-state index contributed by atoms with van der Waals surface area (Å²) < 4.78 is 5.34. The standard InChI is InChI=1S/C13H23N3O2/c1-3-4-5-18-10-13(17)9-14-7-12-8-15-11(2)6-16-12/h6,8,13-14,17H,3-5,7,9-10H2,1-2H3. The van der Waals surface area contributed by atoms with E-state index in [-0.39, 0.29) is 0 Å². The van der Waals surface area contributed by atoms with Gasteiger partial charge >= 0.3 is 0 Å². The first-order chi connectivity index (χ1) is 8.72. The molecule has 1 atom stereocenters. The van der Waals surface area contributed by atoms with Crippen LogP contribution < -0.4 is 5.32 Å². The number of hydrogen-bond donors (Lipinski definition) is 2. The summed E-state index contributed by atoms with van der Waals surface area (Å²) in [6.45, 7) is 6.23. The molecule has 1 aromatic heterocycles. The number of nitrogens with one attached hydrogen (secondary N) is 1. The van der Waals surface area contributed by atoms with E-state index in [1.165, 1.54) is 0 Å². The Kier molecular flexibility index (Phi) is 7.48. The number of aromatic nitrogens is 2. The molecular formula is C13H23N3O2. The summed E-state index contributed by atoms with van der Waals surface area (Å²) in [7, 11) is 0. The van der Waals surface area contributed by atoms with Gasteiger partial charge in [-0.15, -0.1) is 0 Å². The summed E-state index contributed by atoms with van der Waals surface area (Å²) in [6.07, 6.45) is 5.16. The van der Waals surface area contributed by atoms with Gasteiger partial charge in [-0.1, -0.05) is 13.3 Å². The van der Waals surface area contributed by atoms with Crippen LogP contribution >= 0.6 is 0 Å². The van der Waals surface area contributed by atoms with E-state index in [4.69, 9.17) is 4.74 Å². The Morgan fingerprint density at radius 2 is 2.22 bits per heavy atom. The van der Waals surface area contributed by atoms with Crippen molar-refractivity contribution >= 4 is 0 Å². The van der Waals surface area contributed by atoms with Crippen molar-refractivity contribution in [3.8, 4) is 0 Å². The van der Waals surface area contributed by atoms with E-state index in [2.05, 4.69) is 22.2 Å². The molecule has 0 radical (unpaired) electrons. The molecule has 0 aromatic carbocycles. The molecule has 0 spiro atoms. The second kappa shape index (κ2) is 8.97. The van der Waals surface area contributed by atoms with Gasteiger partial charge in [0, 0.05) is 32.1 Å². The molecule has 0 bridgehead atoms. The Bertz CT molecular complexity index is 317. The largest absolute Gasteiger partial charge is 0.389 e. The summed E-state index contributed by atoms with van der Waals surface area (Å²) in [5, 5.41) is 12.8. The van der Waals surface area contributed by atoms with Crippen LogP contribution in [0.25, 0.3) is 0 Å². The maximum atomic E-state index is 9.65. The molecular weight excluding hydrogens is 230 g/mol. The molecule has 0 aliphatic carbocycles. The monoisotopic (exact) mass is 253 g/mol. The van der Waals surface area contributed by atoms with Crippen LogP contribution in [0, 0.1) is 6.92 Å². The van der Waals surface area contributed by atoms with Gasteiger partial charge in [0.05, 0.1) is 24.1 Å². The Balaban J connectivity index is 2.07. The first kappa shape index (κ1) is 15.0. The van der Waals surface area contributed by atoms with E-state index < -0.39 is 6.10 Å². The second-order valence-electron chi connectivity index (χ2n) is 4.36. The Morgan fingerprint density at radius 1 is 1.39 bits per heavy atom. The van der Waals surface area contributed by atoms with Gasteiger partial charge in [-0.2, -0.15) is 0 Å². The Hall–Kier alpha value is -1.04. The fraction of sp³-hybridized carbons (Fsp3) is 0.692. The third-order valence-corrected chi connectivity index (χ3v) is 2.47. The fourth-order valence-electron chi connectivity index (χ4n) is 1.40. The molecule has 1 rings (SSSR count). The van der Waals surface area contributed by atoms with E-state index in [1.54, 1.807) is 12.4 Å². The number of ether oxygens (including phenoxy) is 1. The van der Waals surface area contributed by atoms with Crippen LogP contribution in [0.5, 0.6) is 0 Å². The van der Waals surface area contributed by atoms with Gasteiger partial charge in [-0.3, -0.25) is 9.97 Å². The highest BCUT2D eigenvalue weighted by molar-refractivity contribution is 5.00. The minimum Gasteiger partial charge on any atom is -0.389 e. The molecule has 0 fully saturated rings. The smallest absolute Gasteiger partial charge is 0.0897 e. The number of aryl methyl sites for hydroxylation is 1. The fourth-order valence-corrected chi connectivity index (χ4v) is 1.40. The van der Waals surface area contributed by atoms with Gasteiger partial charge in [0.25, 0.3) is 0 Å². The lowest BCUT2D eigenvalue weighted by atomic mass is 10.3. The quantitative estimate of drug-likeness (QED) is 0.644. The van der Waals surface area contributed by atoms with Gasteiger partial charge in [-0.25, -0.2) is 0 Å². The van der Waals surface area contributed by atoms with E-state index in [9.17, 15) is 5.11 Å². The SMILES string of the molecule is CCCCOCC(O)CNCc1cnc(C)cn1. The van der Waals surface area contributed by atoms with Gasteiger partial charge < -0.3 is 15.2 Å². The first-order valence-electron chi connectivity index (χ1n) is 6.46. The van der Waals surface area contributed by atoms with Crippen LogP contribution in [0.4, 0.5) is 0 Å². The summed E-state index contributed by atoms with van der Waals surface area (Å²) in [5.41, 5.74) is 1.78. The minimum atomic E-state index is -0.472. The minimum absolute atomic E-state index is 0.382. The van der Waals surface area contributed by atoms with Gasteiger partial charge in [0.15, 0.2) is 0 Å². The van der Waals surface area contributed by atoms with Crippen LogP contribution in [0.15, 0.2) is 12.4 Å². The van der Waals surface area contributed by atoms with Gasteiger partial charge in [0.1, 0.15) is 0 Å². The molecule has 0 saturated carbocycles. The van der Waals surface area contributed by atoms with E-state index >= 15 is 0 Å². The third-order valence-electron chi connectivity index (χ3n) is 2.47. The molecule has 0 amide bonds. The highest BCUT2D eigenvalue weighted by atomic mass is 16.5. The number of aliphatic hydroxyl groups excluding tert-OH is 1. The molecule has 18 heavy (non-hydrogen) atoms. The van der Waals surface area contributed by atoms with Crippen molar-refractivity contribution in [2.45, 2.75) is 39.3 Å². The third kappa shape index (κ3) is 6.64. The molecule has 1 heterocycles. The van der Waals surface area contributed by atoms with Crippen molar-refractivity contribution < 1.29 is 9.84 Å². The van der Waals surface area contributed by atoms with Gasteiger partial charge in [0.2, 0.25) is 0 Å². The highest BCUT2D eigenvalue weighted by Crippen LogP contribution is 1.94. The number of rotatable bonds is 9. The normalized spacial score (nSPS) is 12.6. The van der Waals surface area contributed by atoms with E-state index in [0.29, 0.717) is 19.7 Å². The average Bonchev–Trinajstić information content (AvgIpc) is 2.37. The lowest BCUT2D eigenvalue weighted by molar-refractivity contribution is 0.0357.